The molecule has 0 atom stereocenters. The number of rotatable bonds is 4. The van der Waals surface area contributed by atoms with E-state index in [4.69, 9.17) is 0 Å². The number of allylic oxidation sites excluding steroid dienone is 4. The van der Waals surface area contributed by atoms with Crippen molar-refractivity contribution in [2.24, 2.45) is 5.92 Å². The number of aldehydes is 1. The largest absolute Gasteiger partial charge is 0.298 e. The SMILES string of the molecule is CC=C(C=O)/C=C\CC(C)C. The highest BCUT2D eigenvalue weighted by atomic mass is 16.1. The molecular weight excluding hydrogens is 136 g/mol. The summed E-state index contributed by atoms with van der Waals surface area (Å²) in [6, 6.07) is 0. The lowest BCUT2D eigenvalue weighted by Crippen LogP contribution is -1.83. The number of carbonyl (C=O) groups excluding carboxylic acids is 1. The minimum Gasteiger partial charge on any atom is -0.298 e. The van der Waals surface area contributed by atoms with Crippen molar-refractivity contribution in [1.29, 1.82) is 0 Å². The van der Waals surface area contributed by atoms with Crippen molar-refractivity contribution < 1.29 is 4.79 Å². The molecule has 0 radical (unpaired) electrons. The molecular formula is C10H16O. The molecule has 0 spiro atoms. The molecule has 0 saturated heterocycles. The lowest BCUT2D eigenvalue weighted by molar-refractivity contribution is -0.104. The van der Waals surface area contributed by atoms with Crippen molar-refractivity contribution in [2.75, 3.05) is 0 Å². The standard InChI is InChI=1S/C10H16O/c1-4-10(8-11)7-5-6-9(2)3/h4-5,7-9H,6H2,1-3H3/b7-5-,10-4?. The number of hydrogen-bond acceptors (Lipinski definition) is 1. The molecule has 0 unspecified atom stereocenters. The molecule has 0 aromatic carbocycles. The third-order valence-electron chi connectivity index (χ3n) is 1.39. The van der Waals surface area contributed by atoms with Crippen molar-refractivity contribution in [1.82, 2.24) is 0 Å². The number of hydrogen-bond donors (Lipinski definition) is 0. The summed E-state index contributed by atoms with van der Waals surface area (Å²) in [6.45, 7) is 6.17. The van der Waals surface area contributed by atoms with Gasteiger partial charge in [-0.3, -0.25) is 4.79 Å². The fraction of sp³-hybridized carbons (Fsp3) is 0.500. The summed E-state index contributed by atoms with van der Waals surface area (Å²) in [7, 11) is 0. The van der Waals surface area contributed by atoms with Crippen LogP contribution in [-0.4, -0.2) is 6.29 Å². The number of carbonyl (C=O) groups is 1. The van der Waals surface area contributed by atoms with Crippen molar-refractivity contribution in [3.8, 4) is 0 Å². The first-order chi connectivity index (χ1) is 5.20. The minimum atomic E-state index is 0.663. The van der Waals surface area contributed by atoms with E-state index in [1.807, 2.05) is 25.2 Å². The van der Waals surface area contributed by atoms with E-state index >= 15 is 0 Å². The smallest absolute Gasteiger partial charge is 0.149 e. The average Bonchev–Trinajstić information content (AvgIpc) is 1.98. The van der Waals surface area contributed by atoms with Crippen LogP contribution in [0.15, 0.2) is 23.8 Å². The molecule has 0 saturated carbocycles. The fourth-order valence-electron chi connectivity index (χ4n) is 0.680. The Kier molecular flexibility index (Phi) is 5.44. The molecule has 0 aliphatic heterocycles. The topological polar surface area (TPSA) is 17.1 Å². The lowest BCUT2D eigenvalue weighted by atomic mass is 10.1. The Bertz CT molecular complexity index is 164. The first-order valence-corrected chi connectivity index (χ1v) is 3.98. The zero-order chi connectivity index (χ0) is 8.69. The molecule has 0 aromatic rings. The quantitative estimate of drug-likeness (QED) is 0.344. The predicted molar refractivity (Wildman–Crippen MR) is 48.4 cm³/mol. The molecule has 0 aliphatic carbocycles. The summed E-state index contributed by atoms with van der Waals surface area (Å²) in [5.41, 5.74) is 0.755. The maximum Gasteiger partial charge on any atom is 0.149 e. The first-order valence-electron chi connectivity index (χ1n) is 3.98. The molecule has 1 nitrogen and oxygen atoms in total. The molecule has 0 N–H and O–H groups in total. The molecule has 0 heterocycles. The normalized spacial score (nSPS) is 12.9. The Hall–Kier alpha value is -0.850. The van der Waals surface area contributed by atoms with E-state index in [0.29, 0.717) is 5.92 Å². The van der Waals surface area contributed by atoms with Gasteiger partial charge in [0.1, 0.15) is 6.29 Å². The second-order valence-corrected chi connectivity index (χ2v) is 2.94. The predicted octanol–water partition coefficient (Wildman–Crippen LogP) is 2.73. The summed E-state index contributed by atoms with van der Waals surface area (Å²) < 4.78 is 0. The van der Waals surface area contributed by atoms with Crippen LogP contribution in [0.1, 0.15) is 27.2 Å². The monoisotopic (exact) mass is 152 g/mol. The molecule has 1 heteroatoms. The van der Waals surface area contributed by atoms with Crippen molar-refractivity contribution in [3.05, 3.63) is 23.8 Å². The maximum atomic E-state index is 10.3. The van der Waals surface area contributed by atoms with Gasteiger partial charge in [0.05, 0.1) is 0 Å². The summed E-state index contributed by atoms with van der Waals surface area (Å²) in [4.78, 5) is 10.3. The van der Waals surface area contributed by atoms with Crippen LogP contribution in [0.25, 0.3) is 0 Å². The van der Waals surface area contributed by atoms with Crippen LogP contribution >= 0.6 is 0 Å². The van der Waals surface area contributed by atoms with Crippen LogP contribution < -0.4 is 0 Å². The fourth-order valence-corrected chi connectivity index (χ4v) is 0.680. The molecule has 0 bridgehead atoms. The van der Waals surface area contributed by atoms with Gasteiger partial charge in [-0.2, -0.15) is 0 Å². The Balaban J connectivity index is 3.81. The van der Waals surface area contributed by atoms with Crippen LogP contribution in [0.3, 0.4) is 0 Å². The second kappa shape index (κ2) is 5.90. The molecule has 62 valence electrons. The van der Waals surface area contributed by atoms with Gasteiger partial charge in [0.15, 0.2) is 0 Å². The van der Waals surface area contributed by atoms with Crippen LogP contribution in [0, 0.1) is 5.92 Å². The Labute approximate surface area is 68.8 Å². The summed E-state index contributed by atoms with van der Waals surface area (Å²) >= 11 is 0. The maximum absolute atomic E-state index is 10.3. The van der Waals surface area contributed by atoms with Gasteiger partial charge in [-0.15, -0.1) is 0 Å². The average molecular weight is 152 g/mol. The zero-order valence-electron chi connectivity index (χ0n) is 7.50. The van der Waals surface area contributed by atoms with Crippen molar-refractivity contribution >= 4 is 6.29 Å². The van der Waals surface area contributed by atoms with Gasteiger partial charge < -0.3 is 0 Å². The third kappa shape index (κ3) is 5.59. The minimum absolute atomic E-state index is 0.663. The first kappa shape index (κ1) is 10.2. The van der Waals surface area contributed by atoms with Gasteiger partial charge in [-0.05, 0) is 19.3 Å². The van der Waals surface area contributed by atoms with Crippen molar-refractivity contribution in [2.45, 2.75) is 27.2 Å². The molecule has 0 aromatic heterocycles. The van der Waals surface area contributed by atoms with E-state index in [2.05, 4.69) is 13.8 Å². The molecule has 0 amide bonds. The van der Waals surface area contributed by atoms with Crippen LogP contribution in [0.2, 0.25) is 0 Å². The highest BCUT2D eigenvalue weighted by Gasteiger charge is 1.88. The van der Waals surface area contributed by atoms with Gasteiger partial charge in [-0.1, -0.05) is 32.1 Å². The van der Waals surface area contributed by atoms with Gasteiger partial charge in [-0.25, -0.2) is 0 Å². The van der Waals surface area contributed by atoms with E-state index < -0.39 is 0 Å². The van der Waals surface area contributed by atoms with E-state index in [1.165, 1.54) is 0 Å². The van der Waals surface area contributed by atoms with Crippen LogP contribution in [-0.2, 0) is 4.79 Å². The lowest BCUT2D eigenvalue weighted by Gasteiger charge is -1.95. The second-order valence-electron chi connectivity index (χ2n) is 2.94. The summed E-state index contributed by atoms with van der Waals surface area (Å²) in [6.07, 6.45) is 7.62. The molecule has 11 heavy (non-hydrogen) atoms. The molecule has 0 fully saturated rings. The van der Waals surface area contributed by atoms with E-state index in [0.717, 1.165) is 18.3 Å². The third-order valence-corrected chi connectivity index (χ3v) is 1.39. The van der Waals surface area contributed by atoms with E-state index in [-0.39, 0.29) is 0 Å². The Morgan fingerprint density at radius 3 is 2.45 bits per heavy atom. The molecule has 0 rings (SSSR count). The highest BCUT2D eigenvalue weighted by molar-refractivity contribution is 5.77. The van der Waals surface area contributed by atoms with E-state index in [1.54, 1.807) is 0 Å². The Morgan fingerprint density at radius 2 is 2.09 bits per heavy atom. The van der Waals surface area contributed by atoms with Crippen LogP contribution in [0.5, 0.6) is 0 Å². The molecule has 0 aliphatic rings. The summed E-state index contributed by atoms with van der Waals surface area (Å²) in [5, 5.41) is 0. The van der Waals surface area contributed by atoms with Crippen molar-refractivity contribution in [3.63, 3.8) is 0 Å². The van der Waals surface area contributed by atoms with E-state index in [9.17, 15) is 4.79 Å². The van der Waals surface area contributed by atoms with Gasteiger partial charge in [0.25, 0.3) is 0 Å². The van der Waals surface area contributed by atoms with Gasteiger partial charge in [0, 0.05) is 5.57 Å². The van der Waals surface area contributed by atoms with Gasteiger partial charge >= 0.3 is 0 Å². The zero-order valence-corrected chi connectivity index (χ0v) is 7.50. The van der Waals surface area contributed by atoms with Gasteiger partial charge in [0.2, 0.25) is 0 Å². The van der Waals surface area contributed by atoms with Crippen LogP contribution in [0.4, 0.5) is 0 Å². The Morgan fingerprint density at radius 1 is 1.45 bits per heavy atom. The summed E-state index contributed by atoms with van der Waals surface area (Å²) in [5.74, 6) is 0.663. The highest BCUT2D eigenvalue weighted by Crippen LogP contribution is 2.01.